The number of hydrogen-bond acceptors (Lipinski definition) is 3. The average molecular weight is 365 g/mol. The Kier molecular flexibility index (Phi) is 3.94. The summed E-state index contributed by atoms with van der Waals surface area (Å²) in [6.07, 6.45) is 0. The van der Waals surface area contributed by atoms with Crippen molar-refractivity contribution in [3.8, 4) is 0 Å². The van der Waals surface area contributed by atoms with Crippen LogP contribution in [0.4, 0.5) is 5.69 Å². The van der Waals surface area contributed by atoms with Crippen LogP contribution in [0.3, 0.4) is 0 Å². The van der Waals surface area contributed by atoms with Crippen molar-refractivity contribution in [1.29, 1.82) is 0 Å². The van der Waals surface area contributed by atoms with Gasteiger partial charge in [0.2, 0.25) is 0 Å². The molecule has 0 saturated heterocycles. The van der Waals surface area contributed by atoms with Crippen molar-refractivity contribution in [1.82, 2.24) is 9.97 Å². The minimum atomic E-state index is -0.164. The monoisotopic (exact) mass is 363 g/mol. The maximum atomic E-state index is 12.0. The molecule has 3 aromatic rings. The van der Waals surface area contributed by atoms with Crippen LogP contribution in [-0.4, -0.2) is 9.97 Å². The van der Waals surface area contributed by atoms with Crippen molar-refractivity contribution in [3.63, 3.8) is 0 Å². The topological polar surface area (TPSA) is 57.8 Å². The van der Waals surface area contributed by atoms with E-state index < -0.39 is 0 Å². The highest BCUT2D eigenvalue weighted by Crippen LogP contribution is 2.17. The van der Waals surface area contributed by atoms with E-state index in [2.05, 4.69) is 31.2 Å². The number of rotatable bonds is 3. The van der Waals surface area contributed by atoms with Gasteiger partial charge in [-0.25, -0.2) is 4.98 Å². The molecule has 4 nitrogen and oxygen atoms in total. The van der Waals surface area contributed by atoms with E-state index in [9.17, 15) is 4.79 Å². The summed E-state index contributed by atoms with van der Waals surface area (Å²) < 4.78 is 0.985. The lowest BCUT2D eigenvalue weighted by Crippen LogP contribution is -2.14. The van der Waals surface area contributed by atoms with Crippen molar-refractivity contribution in [3.05, 3.63) is 68.1 Å². The van der Waals surface area contributed by atoms with Crippen molar-refractivity contribution in [2.24, 2.45) is 0 Å². The highest BCUT2D eigenvalue weighted by Gasteiger charge is 2.04. The van der Waals surface area contributed by atoms with Crippen LogP contribution in [0.25, 0.3) is 10.9 Å². The minimum Gasteiger partial charge on any atom is -0.378 e. The molecule has 0 aliphatic rings. The molecule has 0 bridgehead atoms. The fourth-order valence-electron chi connectivity index (χ4n) is 2.03. The Labute approximate surface area is 134 Å². The van der Waals surface area contributed by atoms with Gasteiger partial charge in [0.15, 0.2) is 0 Å². The summed E-state index contributed by atoms with van der Waals surface area (Å²) in [5.41, 5.74) is 1.37. The van der Waals surface area contributed by atoms with Gasteiger partial charge in [0.25, 0.3) is 5.56 Å². The molecular weight excluding hydrogens is 354 g/mol. The molecule has 0 spiro atoms. The van der Waals surface area contributed by atoms with Gasteiger partial charge in [-0.15, -0.1) is 0 Å². The average Bonchev–Trinajstić information content (AvgIpc) is 2.45. The van der Waals surface area contributed by atoms with Gasteiger partial charge < -0.3 is 10.3 Å². The van der Waals surface area contributed by atoms with Crippen LogP contribution in [0.2, 0.25) is 5.02 Å². The van der Waals surface area contributed by atoms with E-state index in [1.165, 1.54) is 0 Å². The predicted molar refractivity (Wildman–Crippen MR) is 88.8 cm³/mol. The molecule has 6 heteroatoms. The van der Waals surface area contributed by atoms with Gasteiger partial charge in [0.05, 0.1) is 17.4 Å². The molecule has 21 heavy (non-hydrogen) atoms. The van der Waals surface area contributed by atoms with Crippen LogP contribution in [0.15, 0.2) is 51.7 Å². The molecular formula is C15H11BrClN3O. The quantitative estimate of drug-likeness (QED) is 0.740. The van der Waals surface area contributed by atoms with Crippen molar-refractivity contribution >= 4 is 44.1 Å². The number of anilines is 1. The van der Waals surface area contributed by atoms with Crippen LogP contribution >= 0.6 is 27.5 Å². The van der Waals surface area contributed by atoms with Crippen molar-refractivity contribution < 1.29 is 0 Å². The standard InChI is InChI=1S/C15H11BrClN3O/c16-9-2-1-3-11(6-9)18-8-14-19-13-7-10(17)4-5-12(13)15(21)20-14/h1-7,18H,8H2,(H,19,20,21). The first-order valence-electron chi connectivity index (χ1n) is 6.30. The van der Waals surface area contributed by atoms with Gasteiger partial charge in [0, 0.05) is 15.2 Å². The van der Waals surface area contributed by atoms with E-state index in [0.717, 1.165) is 10.2 Å². The minimum absolute atomic E-state index is 0.164. The van der Waals surface area contributed by atoms with E-state index in [1.54, 1.807) is 18.2 Å². The van der Waals surface area contributed by atoms with E-state index in [1.807, 2.05) is 24.3 Å². The maximum absolute atomic E-state index is 12.0. The molecule has 106 valence electrons. The summed E-state index contributed by atoms with van der Waals surface area (Å²) >= 11 is 9.35. The Morgan fingerprint density at radius 1 is 1.24 bits per heavy atom. The molecule has 0 amide bonds. The van der Waals surface area contributed by atoms with E-state index in [-0.39, 0.29) is 5.56 Å². The highest BCUT2D eigenvalue weighted by molar-refractivity contribution is 9.10. The van der Waals surface area contributed by atoms with Crippen LogP contribution in [0.1, 0.15) is 5.82 Å². The fourth-order valence-corrected chi connectivity index (χ4v) is 2.59. The third-order valence-corrected chi connectivity index (χ3v) is 3.73. The lowest BCUT2D eigenvalue weighted by atomic mass is 10.2. The summed E-state index contributed by atoms with van der Waals surface area (Å²) in [6.45, 7) is 0.425. The molecule has 2 aromatic carbocycles. The smallest absolute Gasteiger partial charge is 0.258 e. The van der Waals surface area contributed by atoms with Crippen LogP contribution in [0, 0.1) is 0 Å². The Hall–Kier alpha value is -1.85. The molecule has 1 aromatic heterocycles. The first kappa shape index (κ1) is 14.1. The zero-order chi connectivity index (χ0) is 14.8. The first-order valence-corrected chi connectivity index (χ1v) is 7.47. The van der Waals surface area contributed by atoms with Gasteiger partial charge in [-0.2, -0.15) is 0 Å². The molecule has 3 rings (SSSR count). The summed E-state index contributed by atoms with van der Waals surface area (Å²) in [4.78, 5) is 19.2. The van der Waals surface area contributed by atoms with Gasteiger partial charge in [-0.05, 0) is 36.4 Å². The lowest BCUT2D eigenvalue weighted by Gasteiger charge is -2.07. The molecule has 1 heterocycles. The molecule has 2 N–H and O–H groups in total. The molecule has 0 saturated carbocycles. The second-order valence-electron chi connectivity index (χ2n) is 4.54. The highest BCUT2D eigenvalue weighted by atomic mass is 79.9. The van der Waals surface area contributed by atoms with Crippen LogP contribution in [-0.2, 0) is 6.54 Å². The van der Waals surface area contributed by atoms with Gasteiger partial charge in [-0.3, -0.25) is 4.79 Å². The van der Waals surface area contributed by atoms with E-state index >= 15 is 0 Å². The van der Waals surface area contributed by atoms with Crippen LogP contribution < -0.4 is 10.9 Å². The molecule has 0 atom stereocenters. The maximum Gasteiger partial charge on any atom is 0.258 e. The second kappa shape index (κ2) is 5.87. The Bertz CT molecular complexity index is 863. The summed E-state index contributed by atoms with van der Waals surface area (Å²) in [7, 11) is 0. The molecule has 0 radical (unpaired) electrons. The van der Waals surface area contributed by atoms with E-state index in [4.69, 9.17) is 11.6 Å². The molecule has 0 aliphatic heterocycles. The largest absolute Gasteiger partial charge is 0.378 e. The normalized spacial score (nSPS) is 10.8. The number of aromatic nitrogens is 2. The Balaban J connectivity index is 1.89. The third kappa shape index (κ3) is 3.25. The summed E-state index contributed by atoms with van der Waals surface area (Å²) in [5.74, 6) is 0.565. The van der Waals surface area contributed by atoms with Gasteiger partial charge >= 0.3 is 0 Å². The molecule has 0 unspecified atom stereocenters. The SMILES string of the molecule is O=c1[nH]c(CNc2cccc(Br)c2)nc2cc(Cl)ccc12. The zero-order valence-electron chi connectivity index (χ0n) is 10.9. The number of H-pyrrole nitrogens is 1. The molecule has 0 fully saturated rings. The zero-order valence-corrected chi connectivity index (χ0v) is 13.2. The van der Waals surface area contributed by atoms with Gasteiger partial charge in [0.1, 0.15) is 5.82 Å². The number of aromatic amines is 1. The first-order chi connectivity index (χ1) is 10.1. The van der Waals surface area contributed by atoms with Crippen molar-refractivity contribution in [2.45, 2.75) is 6.54 Å². The Morgan fingerprint density at radius 3 is 2.90 bits per heavy atom. The number of benzene rings is 2. The number of hydrogen-bond donors (Lipinski definition) is 2. The van der Waals surface area contributed by atoms with Crippen molar-refractivity contribution in [2.75, 3.05) is 5.32 Å². The fraction of sp³-hybridized carbons (Fsp3) is 0.0667. The van der Waals surface area contributed by atoms with E-state index in [0.29, 0.717) is 28.3 Å². The molecule has 0 aliphatic carbocycles. The van der Waals surface area contributed by atoms with Gasteiger partial charge in [-0.1, -0.05) is 33.6 Å². The number of halogens is 2. The number of fused-ring (bicyclic) bond motifs is 1. The number of nitrogens with one attached hydrogen (secondary N) is 2. The van der Waals surface area contributed by atoms with Crippen LogP contribution in [0.5, 0.6) is 0 Å². The summed E-state index contributed by atoms with van der Waals surface area (Å²) in [5, 5.41) is 4.31. The summed E-state index contributed by atoms with van der Waals surface area (Å²) in [6, 6.07) is 12.8. The number of nitrogens with zero attached hydrogens (tertiary/aromatic N) is 1. The third-order valence-electron chi connectivity index (χ3n) is 3.00. The predicted octanol–water partition coefficient (Wildman–Crippen LogP) is 3.95. The Morgan fingerprint density at radius 2 is 2.10 bits per heavy atom. The second-order valence-corrected chi connectivity index (χ2v) is 5.89. The lowest BCUT2D eigenvalue weighted by molar-refractivity contribution is 0.953.